The van der Waals surface area contributed by atoms with E-state index in [0.29, 0.717) is 12.1 Å². The van der Waals surface area contributed by atoms with Gasteiger partial charge in [-0.15, -0.1) is 0 Å². The first kappa shape index (κ1) is 22.7. The van der Waals surface area contributed by atoms with Gasteiger partial charge in [0.25, 0.3) is 11.4 Å². The molecule has 1 heterocycles. The molecule has 4 rings (SSSR count). The van der Waals surface area contributed by atoms with Crippen molar-refractivity contribution in [3.05, 3.63) is 121 Å². The van der Waals surface area contributed by atoms with Gasteiger partial charge in [-0.25, -0.2) is 0 Å². The summed E-state index contributed by atoms with van der Waals surface area (Å²) in [6.07, 6.45) is 2.78. The van der Waals surface area contributed by atoms with Crippen molar-refractivity contribution in [2.75, 3.05) is 0 Å². The molecule has 11 heteroatoms. The zero-order valence-electron chi connectivity index (χ0n) is 16.9. The minimum absolute atomic E-state index is 0.447. The van der Waals surface area contributed by atoms with Gasteiger partial charge in [0, 0.05) is 18.0 Å². The molecule has 0 radical (unpaired) electrons. The molecule has 0 amide bonds. The van der Waals surface area contributed by atoms with Crippen molar-refractivity contribution in [1.82, 2.24) is 4.98 Å². The summed E-state index contributed by atoms with van der Waals surface area (Å²) in [5, 5.41) is 42.7. The number of aromatic hydroxyl groups is 1. The SMILES string of the molecule is O=[N+]([O-])c1cc([N+](=O)[O-])c(O)c([N+](=O)[O-])c1.c1ccc(Cc2nccc3ccccc23)cc1. The minimum atomic E-state index is -1.21. The monoisotopic (exact) mass is 448 g/mol. The molecule has 0 atom stereocenters. The predicted octanol–water partition coefficient (Wildman–Crippen LogP) is 4.94. The van der Waals surface area contributed by atoms with Crippen LogP contribution in [0.4, 0.5) is 17.1 Å². The van der Waals surface area contributed by atoms with Gasteiger partial charge in [0.05, 0.1) is 32.6 Å². The third-order valence-electron chi connectivity index (χ3n) is 4.63. The molecule has 1 aromatic heterocycles. The Hall–Kier alpha value is -4.93. The number of phenolic OH excluding ortho intramolecular Hbond substituents is 1. The number of hydrogen-bond acceptors (Lipinski definition) is 8. The second-order valence-electron chi connectivity index (χ2n) is 6.75. The zero-order chi connectivity index (χ0) is 24.0. The largest absolute Gasteiger partial charge is 0.497 e. The Morgan fingerprint density at radius 1 is 0.758 bits per heavy atom. The lowest BCUT2D eigenvalue weighted by molar-refractivity contribution is -0.404. The van der Waals surface area contributed by atoms with Crippen molar-refractivity contribution in [3.8, 4) is 5.75 Å². The standard InChI is InChI=1S/C16H13N.C6H3N3O7/c1-2-6-13(7-3-1)12-16-15-9-5-4-8-14(15)10-11-17-16;10-6-4(8(13)14)1-3(7(11)12)2-5(6)9(15)16/h1-11H,12H2;1-2,10H. The normalized spacial score (nSPS) is 10.2. The Morgan fingerprint density at radius 2 is 1.33 bits per heavy atom. The number of nitro benzene ring substituents is 3. The fourth-order valence-electron chi connectivity index (χ4n) is 3.09. The van der Waals surface area contributed by atoms with Gasteiger partial charge < -0.3 is 5.11 Å². The number of non-ortho nitro benzene ring substituents is 1. The van der Waals surface area contributed by atoms with Crippen LogP contribution < -0.4 is 0 Å². The molecule has 0 saturated heterocycles. The summed E-state index contributed by atoms with van der Waals surface area (Å²) in [6, 6.07) is 21.8. The molecule has 3 aromatic carbocycles. The molecular formula is C22H16N4O7. The lowest BCUT2D eigenvalue weighted by Crippen LogP contribution is -1.97. The Kier molecular flexibility index (Phi) is 6.84. The van der Waals surface area contributed by atoms with E-state index < -0.39 is 37.6 Å². The van der Waals surface area contributed by atoms with Gasteiger partial charge in [0.15, 0.2) is 0 Å². The summed E-state index contributed by atoms with van der Waals surface area (Å²) in [6.45, 7) is 0. The number of pyridine rings is 1. The summed E-state index contributed by atoms with van der Waals surface area (Å²) >= 11 is 0. The van der Waals surface area contributed by atoms with Gasteiger partial charge in [-0.05, 0) is 17.0 Å². The molecule has 11 nitrogen and oxygen atoms in total. The molecule has 33 heavy (non-hydrogen) atoms. The number of phenols is 1. The van der Waals surface area contributed by atoms with Crippen LogP contribution in [-0.2, 0) is 6.42 Å². The van der Waals surface area contributed by atoms with Gasteiger partial charge in [0.2, 0.25) is 0 Å². The molecule has 166 valence electrons. The molecular weight excluding hydrogens is 432 g/mol. The summed E-state index contributed by atoms with van der Waals surface area (Å²) in [7, 11) is 0. The summed E-state index contributed by atoms with van der Waals surface area (Å²) in [5.74, 6) is -1.21. The zero-order valence-corrected chi connectivity index (χ0v) is 16.9. The first-order chi connectivity index (χ1) is 15.8. The maximum absolute atomic E-state index is 10.4. The van der Waals surface area contributed by atoms with Crippen LogP contribution in [-0.4, -0.2) is 24.9 Å². The molecule has 0 spiro atoms. The fourth-order valence-corrected chi connectivity index (χ4v) is 3.09. The van der Waals surface area contributed by atoms with Gasteiger partial charge in [0.1, 0.15) is 0 Å². The van der Waals surface area contributed by atoms with Gasteiger partial charge in [-0.2, -0.15) is 0 Å². The summed E-state index contributed by atoms with van der Waals surface area (Å²) in [4.78, 5) is 32.3. The quantitative estimate of drug-likeness (QED) is 0.331. The van der Waals surface area contributed by atoms with Crippen LogP contribution in [0.25, 0.3) is 10.8 Å². The van der Waals surface area contributed by atoms with Crippen LogP contribution in [0.15, 0.2) is 79.0 Å². The molecule has 4 aromatic rings. The van der Waals surface area contributed by atoms with Gasteiger partial charge in [-0.1, -0.05) is 54.6 Å². The molecule has 1 N–H and O–H groups in total. The van der Waals surface area contributed by atoms with E-state index in [4.69, 9.17) is 5.11 Å². The number of nitrogens with zero attached hydrogens (tertiary/aromatic N) is 4. The number of aromatic nitrogens is 1. The van der Waals surface area contributed by atoms with E-state index in [2.05, 4.69) is 59.6 Å². The second kappa shape index (κ2) is 9.92. The van der Waals surface area contributed by atoms with E-state index >= 15 is 0 Å². The Labute approximate surface area is 186 Å². The lowest BCUT2D eigenvalue weighted by atomic mass is 10.0. The van der Waals surface area contributed by atoms with Crippen molar-refractivity contribution in [2.24, 2.45) is 0 Å². The molecule has 0 saturated carbocycles. The smallest absolute Gasteiger partial charge is 0.324 e. The minimum Gasteiger partial charge on any atom is -0.497 e. The summed E-state index contributed by atoms with van der Waals surface area (Å²) < 4.78 is 0. The van der Waals surface area contributed by atoms with E-state index in [1.54, 1.807) is 0 Å². The highest BCUT2D eigenvalue weighted by Crippen LogP contribution is 2.38. The summed E-state index contributed by atoms with van der Waals surface area (Å²) in [5.41, 5.74) is -0.552. The van der Waals surface area contributed by atoms with E-state index in [1.807, 2.05) is 12.3 Å². The average molecular weight is 448 g/mol. The van der Waals surface area contributed by atoms with Crippen LogP contribution in [0, 0.1) is 30.3 Å². The van der Waals surface area contributed by atoms with Crippen molar-refractivity contribution < 1.29 is 19.9 Å². The Morgan fingerprint density at radius 3 is 1.91 bits per heavy atom. The van der Waals surface area contributed by atoms with Gasteiger partial charge >= 0.3 is 11.4 Å². The van der Waals surface area contributed by atoms with Crippen LogP contribution in [0.2, 0.25) is 0 Å². The Bertz CT molecular complexity index is 1300. The molecule has 0 aliphatic heterocycles. The molecule has 0 aliphatic rings. The van der Waals surface area contributed by atoms with E-state index in [-0.39, 0.29) is 0 Å². The lowest BCUT2D eigenvalue weighted by Gasteiger charge is -2.05. The van der Waals surface area contributed by atoms with Crippen molar-refractivity contribution in [3.63, 3.8) is 0 Å². The fraction of sp³-hybridized carbons (Fsp3) is 0.0455. The van der Waals surface area contributed by atoms with Gasteiger partial charge in [-0.3, -0.25) is 35.3 Å². The highest BCUT2D eigenvalue weighted by molar-refractivity contribution is 5.84. The van der Waals surface area contributed by atoms with E-state index in [9.17, 15) is 30.3 Å². The highest BCUT2D eigenvalue weighted by atomic mass is 16.6. The third-order valence-corrected chi connectivity index (χ3v) is 4.63. The maximum Gasteiger partial charge on any atom is 0.324 e. The molecule has 0 unspecified atom stereocenters. The van der Waals surface area contributed by atoms with E-state index in [1.165, 1.54) is 16.3 Å². The molecule has 0 fully saturated rings. The molecule has 0 aliphatic carbocycles. The average Bonchev–Trinajstić information content (AvgIpc) is 2.80. The number of benzene rings is 3. The van der Waals surface area contributed by atoms with Crippen LogP contribution >= 0.6 is 0 Å². The first-order valence-corrected chi connectivity index (χ1v) is 9.44. The Balaban J connectivity index is 0.000000186. The highest BCUT2D eigenvalue weighted by Gasteiger charge is 2.30. The second-order valence-corrected chi connectivity index (χ2v) is 6.75. The van der Waals surface area contributed by atoms with Crippen molar-refractivity contribution >= 4 is 27.8 Å². The van der Waals surface area contributed by atoms with E-state index in [0.717, 1.165) is 12.1 Å². The van der Waals surface area contributed by atoms with Crippen LogP contribution in [0.3, 0.4) is 0 Å². The van der Waals surface area contributed by atoms with Crippen molar-refractivity contribution in [2.45, 2.75) is 6.42 Å². The van der Waals surface area contributed by atoms with Crippen LogP contribution in [0.1, 0.15) is 11.3 Å². The molecule has 0 bridgehead atoms. The number of rotatable bonds is 5. The number of fused-ring (bicyclic) bond motifs is 1. The predicted molar refractivity (Wildman–Crippen MR) is 119 cm³/mol. The first-order valence-electron chi connectivity index (χ1n) is 9.44. The topological polar surface area (TPSA) is 163 Å². The maximum atomic E-state index is 10.4. The number of nitro groups is 3. The number of hydrogen-bond donors (Lipinski definition) is 1. The third kappa shape index (κ3) is 5.41. The van der Waals surface area contributed by atoms with Crippen LogP contribution in [0.5, 0.6) is 5.75 Å². The van der Waals surface area contributed by atoms with Crippen molar-refractivity contribution in [1.29, 1.82) is 0 Å².